The van der Waals surface area contributed by atoms with Crippen LogP contribution < -0.4 is 5.32 Å². The Kier molecular flexibility index (Phi) is 3.68. The van der Waals surface area contributed by atoms with Crippen molar-refractivity contribution in [3.63, 3.8) is 0 Å². The van der Waals surface area contributed by atoms with Crippen LogP contribution in [0.5, 0.6) is 0 Å². The Labute approximate surface area is 131 Å². The number of hydrogen-bond acceptors (Lipinski definition) is 1. The number of halogens is 1. The minimum Gasteiger partial charge on any atom is -0.347 e. The summed E-state index contributed by atoms with van der Waals surface area (Å²) in [5.74, 6) is 0.851. The molecule has 1 aromatic heterocycles. The van der Waals surface area contributed by atoms with Gasteiger partial charge in [-0.2, -0.15) is 0 Å². The SMILES string of the molecule is Clc1ccc2c(CNC3CC3)cn(CC3CCCC3)c2c1. The number of rotatable bonds is 5. The Morgan fingerprint density at radius 1 is 1.14 bits per heavy atom. The molecule has 2 aliphatic rings. The molecule has 1 heterocycles. The molecule has 2 fully saturated rings. The van der Waals surface area contributed by atoms with Crippen LogP contribution in [0.3, 0.4) is 0 Å². The van der Waals surface area contributed by atoms with Crippen molar-refractivity contribution in [2.45, 2.75) is 57.7 Å². The van der Waals surface area contributed by atoms with Crippen molar-refractivity contribution in [3.8, 4) is 0 Å². The number of nitrogens with one attached hydrogen (secondary N) is 1. The van der Waals surface area contributed by atoms with Crippen LogP contribution in [0.15, 0.2) is 24.4 Å². The molecule has 0 amide bonds. The van der Waals surface area contributed by atoms with E-state index in [-0.39, 0.29) is 0 Å². The third-order valence-electron chi connectivity index (χ3n) is 5.02. The van der Waals surface area contributed by atoms with Crippen molar-refractivity contribution >= 4 is 22.5 Å². The summed E-state index contributed by atoms with van der Waals surface area (Å²) in [4.78, 5) is 0. The molecule has 21 heavy (non-hydrogen) atoms. The van der Waals surface area contributed by atoms with Crippen molar-refractivity contribution in [1.82, 2.24) is 9.88 Å². The largest absolute Gasteiger partial charge is 0.347 e. The highest BCUT2D eigenvalue weighted by molar-refractivity contribution is 6.31. The van der Waals surface area contributed by atoms with Gasteiger partial charge in [0, 0.05) is 41.3 Å². The fraction of sp³-hybridized carbons (Fsp3) is 0.556. The zero-order valence-electron chi connectivity index (χ0n) is 12.4. The molecular formula is C18H23ClN2. The quantitative estimate of drug-likeness (QED) is 0.844. The normalized spacial score (nSPS) is 19.7. The molecule has 2 aromatic rings. The van der Waals surface area contributed by atoms with Gasteiger partial charge in [-0.05, 0) is 49.3 Å². The third-order valence-corrected chi connectivity index (χ3v) is 5.25. The highest BCUT2D eigenvalue weighted by atomic mass is 35.5. The molecule has 0 bridgehead atoms. The summed E-state index contributed by atoms with van der Waals surface area (Å²) in [6.45, 7) is 2.14. The van der Waals surface area contributed by atoms with Crippen LogP contribution in [0.25, 0.3) is 10.9 Å². The summed E-state index contributed by atoms with van der Waals surface area (Å²) < 4.78 is 2.45. The van der Waals surface area contributed by atoms with Gasteiger partial charge in [-0.15, -0.1) is 0 Å². The van der Waals surface area contributed by atoms with Crippen molar-refractivity contribution in [1.29, 1.82) is 0 Å². The van der Waals surface area contributed by atoms with Crippen LogP contribution in [0.1, 0.15) is 44.1 Å². The second-order valence-corrected chi connectivity index (χ2v) is 7.21. The molecule has 0 aliphatic heterocycles. The summed E-state index contributed by atoms with van der Waals surface area (Å²) >= 11 is 6.23. The van der Waals surface area contributed by atoms with E-state index < -0.39 is 0 Å². The standard InChI is InChI=1S/C18H23ClN2/c19-15-5-8-17-14(10-20-16-6-7-16)12-21(18(17)9-15)11-13-3-1-2-4-13/h5,8-9,12-13,16,20H,1-4,6-7,10-11H2. The van der Waals surface area contributed by atoms with Crippen LogP contribution in [0.2, 0.25) is 5.02 Å². The van der Waals surface area contributed by atoms with E-state index in [1.165, 1.54) is 55.0 Å². The Bertz CT molecular complexity index is 636. The summed E-state index contributed by atoms with van der Waals surface area (Å²) in [6, 6.07) is 7.09. The molecule has 4 rings (SSSR count). The lowest BCUT2D eigenvalue weighted by atomic mass is 10.1. The first-order valence-electron chi connectivity index (χ1n) is 8.30. The Morgan fingerprint density at radius 2 is 1.95 bits per heavy atom. The molecule has 0 atom stereocenters. The predicted octanol–water partition coefficient (Wildman–Crippen LogP) is 4.74. The van der Waals surface area contributed by atoms with E-state index >= 15 is 0 Å². The van der Waals surface area contributed by atoms with E-state index in [0.717, 1.165) is 30.1 Å². The highest BCUT2D eigenvalue weighted by Gasteiger charge is 2.21. The van der Waals surface area contributed by atoms with E-state index in [9.17, 15) is 0 Å². The van der Waals surface area contributed by atoms with Gasteiger partial charge >= 0.3 is 0 Å². The molecular weight excluding hydrogens is 280 g/mol. The van der Waals surface area contributed by atoms with E-state index in [1.807, 2.05) is 6.07 Å². The third kappa shape index (κ3) is 2.97. The Hall–Kier alpha value is -0.990. The van der Waals surface area contributed by atoms with E-state index in [0.29, 0.717) is 0 Å². The van der Waals surface area contributed by atoms with Crippen molar-refractivity contribution in [2.24, 2.45) is 5.92 Å². The van der Waals surface area contributed by atoms with Gasteiger partial charge in [0.1, 0.15) is 0 Å². The van der Waals surface area contributed by atoms with Crippen LogP contribution in [0, 0.1) is 5.92 Å². The number of fused-ring (bicyclic) bond motifs is 1. The first kappa shape index (κ1) is 13.7. The number of benzene rings is 1. The zero-order chi connectivity index (χ0) is 14.2. The molecule has 3 heteroatoms. The van der Waals surface area contributed by atoms with Crippen molar-refractivity contribution < 1.29 is 0 Å². The second kappa shape index (κ2) is 5.66. The molecule has 2 saturated carbocycles. The minimum absolute atomic E-state index is 0.755. The van der Waals surface area contributed by atoms with Gasteiger partial charge in [-0.3, -0.25) is 0 Å². The maximum Gasteiger partial charge on any atom is 0.0498 e. The van der Waals surface area contributed by atoms with Gasteiger partial charge in [0.05, 0.1) is 0 Å². The lowest BCUT2D eigenvalue weighted by Gasteiger charge is -2.11. The molecule has 1 N–H and O–H groups in total. The lowest BCUT2D eigenvalue weighted by molar-refractivity contribution is 0.465. The monoisotopic (exact) mass is 302 g/mol. The minimum atomic E-state index is 0.755. The van der Waals surface area contributed by atoms with Crippen LogP contribution in [0.4, 0.5) is 0 Å². The Morgan fingerprint density at radius 3 is 2.71 bits per heavy atom. The highest BCUT2D eigenvalue weighted by Crippen LogP contribution is 2.31. The topological polar surface area (TPSA) is 17.0 Å². The van der Waals surface area contributed by atoms with Gasteiger partial charge in [0.15, 0.2) is 0 Å². The molecule has 1 aromatic carbocycles. The summed E-state index contributed by atoms with van der Waals surface area (Å²) in [5.41, 5.74) is 2.73. The number of aromatic nitrogens is 1. The second-order valence-electron chi connectivity index (χ2n) is 6.77. The summed E-state index contributed by atoms with van der Waals surface area (Å²) in [7, 11) is 0. The zero-order valence-corrected chi connectivity index (χ0v) is 13.2. The van der Waals surface area contributed by atoms with Crippen LogP contribution in [-0.4, -0.2) is 10.6 Å². The van der Waals surface area contributed by atoms with E-state index in [1.54, 1.807) is 0 Å². The first-order chi connectivity index (χ1) is 10.3. The van der Waals surface area contributed by atoms with Gasteiger partial charge in [-0.1, -0.05) is 30.5 Å². The van der Waals surface area contributed by atoms with Gasteiger partial charge in [-0.25, -0.2) is 0 Å². The first-order valence-corrected chi connectivity index (χ1v) is 8.68. The molecule has 0 unspecified atom stereocenters. The van der Waals surface area contributed by atoms with Gasteiger partial charge < -0.3 is 9.88 Å². The van der Waals surface area contributed by atoms with E-state index in [2.05, 4.69) is 28.2 Å². The maximum atomic E-state index is 6.23. The average molecular weight is 303 g/mol. The van der Waals surface area contributed by atoms with Gasteiger partial charge in [0.25, 0.3) is 0 Å². The molecule has 0 spiro atoms. The van der Waals surface area contributed by atoms with Crippen LogP contribution >= 0.6 is 11.6 Å². The summed E-state index contributed by atoms with van der Waals surface area (Å²) in [6.07, 6.45) is 10.6. The molecule has 0 saturated heterocycles. The van der Waals surface area contributed by atoms with Crippen molar-refractivity contribution in [3.05, 3.63) is 35.0 Å². The smallest absolute Gasteiger partial charge is 0.0498 e. The summed E-state index contributed by atoms with van der Waals surface area (Å²) in [5, 5.41) is 5.85. The van der Waals surface area contributed by atoms with Crippen LogP contribution in [-0.2, 0) is 13.1 Å². The number of nitrogens with zero attached hydrogens (tertiary/aromatic N) is 1. The lowest BCUT2D eigenvalue weighted by Crippen LogP contribution is -2.15. The average Bonchev–Trinajstić information content (AvgIpc) is 3.06. The molecule has 0 radical (unpaired) electrons. The molecule has 2 aliphatic carbocycles. The molecule has 2 nitrogen and oxygen atoms in total. The molecule has 112 valence electrons. The maximum absolute atomic E-state index is 6.23. The fourth-order valence-electron chi connectivity index (χ4n) is 3.65. The van der Waals surface area contributed by atoms with Crippen molar-refractivity contribution in [2.75, 3.05) is 0 Å². The van der Waals surface area contributed by atoms with E-state index in [4.69, 9.17) is 11.6 Å². The fourth-order valence-corrected chi connectivity index (χ4v) is 3.81. The predicted molar refractivity (Wildman–Crippen MR) is 88.8 cm³/mol. The number of hydrogen-bond donors (Lipinski definition) is 1. The van der Waals surface area contributed by atoms with Gasteiger partial charge in [0.2, 0.25) is 0 Å². The Balaban J connectivity index is 1.64.